The molecule has 100 valence electrons. The molecule has 0 amide bonds. The Morgan fingerprint density at radius 2 is 1.65 bits per heavy atom. The summed E-state index contributed by atoms with van der Waals surface area (Å²) in [4.78, 5) is 15.6. The molecule has 0 aliphatic heterocycles. The van der Waals surface area contributed by atoms with Crippen molar-refractivity contribution in [2.45, 2.75) is 0 Å². The Kier molecular flexibility index (Phi) is 3.39. The van der Waals surface area contributed by atoms with Crippen molar-refractivity contribution in [3.8, 4) is 27.4 Å². The molecule has 4 heteroatoms. The SMILES string of the molecule is COc1ccc(-c2[nH]c(=O)sc2-c2ccccc2)cc1. The van der Waals surface area contributed by atoms with Gasteiger partial charge in [-0.15, -0.1) is 0 Å². The van der Waals surface area contributed by atoms with Crippen molar-refractivity contribution in [2.75, 3.05) is 7.11 Å². The van der Waals surface area contributed by atoms with Gasteiger partial charge in [0.05, 0.1) is 17.7 Å². The normalized spacial score (nSPS) is 10.4. The van der Waals surface area contributed by atoms with Crippen LogP contribution in [-0.4, -0.2) is 12.1 Å². The summed E-state index contributed by atoms with van der Waals surface area (Å²) in [6.45, 7) is 0. The van der Waals surface area contributed by atoms with Crippen LogP contribution in [0.25, 0.3) is 21.7 Å². The van der Waals surface area contributed by atoms with Crippen LogP contribution in [0.5, 0.6) is 5.75 Å². The van der Waals surface area contributed by atoms with E-state index in [2.05, 4.69) is 4.98 Å². The molecule has 0 saturated carbocycles. The van der Waals surface area contributed by atoms with Gasteiger partial charge in [-0.05, 0) is 35.4 Å². The van der Waals surface area contributed by atoms with Crippen LogP contribution in [0, 0.1) is 0 Å². The maximum absolute atomic E-state index is 11.7. The number of aromatic nitrogens is 1. The van der Waals surface area contributed by atoms with Crippen molar-refractivity contribution in [1.82, 2.24) is 4.98 Å². The minimum Gasteiger partial charge on any atom is -0.497 e. The molecule has 0 fully saturated rings. The molecule has 0 aliphatic carbocycles. The second kappa shape index (κ2) is 5.35. The molecule has 3 nitrogen and oxygen atoms in total. The minimum atomic E-state index is -0.0466. The van der Waals surface area contributed by atoms with Gasteiger partial charge in [0.1, 0.15) is 5.75 Å². The topological polar surface area (TPSA) is 42.1 Å². The fourth-order valence-electron chi connectivity index (χ4n) is 2.08. The number of methoxy groups -OCH3 is 1. The summed E-state index contributed by atoms with van der Waals surface area (Å²) >= 11 is 1.23. The molecule has 3 aromatic rings. The van der Waals surface area contributed by atoms with E-state index in [4.69, 9.17) is 4.74 Å². The molecule has 1 N–H and O–H groups in total. The molecule has 0 unspecified atom stereocenters. The Hall–Kier alpha value is -2.33. The molecule has 3 rings (SSSR count). The quantitative estimate of drug-likeness (QED) is 0.795. The molecule has 20 heavy (non-hydrogen) atoms. The highest BCUT2D eigenvalue weighted by Gasteiger charge is 2.12. The number of nitrogens with one attached hydrogen (secondary N) is 1. The summed E-state index contributed by atoms with van der Waals surface area (Å²) in [5.41, 5.74) is 2.87. The van der Waals surface area contributed by atoms with Gasteiger partial charge in [-0.3, -0.25) is 4.79 Å². The molecule has 0 saturated heterocycles. The molecule has 0 atom stereocenters. The lowest BCUT2D eigenvalue weighted by molar-refractivity contribution is 0.415. The first kappa shape index (κ1) is 12.7. The summed E-state index contributed by atoms with van der Waals surface area (Å²) in [6, 6.07) is 17.6. The first-order valence-electron chi connectivity index (χ1n) is 6.21. The molecule has 0 spiro atoms. The Morgan fingerprint density at radius 3 is 2.30 bits per heavy atom. The average molecular weight is 283 g/mol. The Bertz CT molecular complexity index is 757. The van der Waals surface area contributed by atoms with Gasteiger partial charge < -0.3 is 9.72 Å². The second-order valence-electron chi connectivity index (χ2n) is 4.31. The van der Waals surface area contributed by atoms with Crippen LogP contribution in [0.3, 0.4) is 0 Å². The highest BCUT2D eigenvalue weighted by molar-refractivity contribution is 7.13. The van der Waals surface area contributed by atoms with Gasteiger partial charge in [0.15, 0.2) is 0 Å². The first-order valence-corrected chi connectivity index (χ1v) is 7.02. The number of hydrogen-bond donors (Lipinski definition) is 1. The Morgan fingerprint density at radius 1 is 0.950 bits per heavy atom. The van der Waals surface area contributed by atoms with Crippen molar-refractivity contribution >= 4 is 11.3 Å². The zero-order valence-electron chi connectivity index (χ0n) is 10.9. The average Bonchev–Trinajstić information content (AvgIpc) is 2.90. The molecule has 0 radical (unpaired) electrons. The third-order valence-corrected chi connectivity index (χ3v) is 3.99. The molecule has 0 aliphatic rings. The summed E-state index contributed by atoms with van der Waals surface area (Å²) in [5, 5.41) is 0. The number of benzene rings is 2. The van der Waals surface area contributed by atoms with Gasteiger partial charge in [0.25, 0.3) is 0 Å². The molecule has 1 heterocycles. The summed E-state index contributed by atoms with van der Waals surface area (Å²) < 4.78 is 5.16. The third-order valence-electron chi connectivity index (χ3n) is 3.06. The van der Waals surface area contributed by atoms with E-state index in [1.54, 1.807) is 7.11 Å². The number of ether oxygens (including phenoxy) is 1. The van der Waals surface area contributed by atoms with E-state index in [1.807, 2.05) is 54.6 Å². The first-order chi connectivity index (χ1) is 9.78. The highest BCUT2D eigenvalue weighted by atomic mass is 32.1. The molecule has 0 bridgehead atoms. The lowest BCUT2D eigenvalue weighted by Crippen LogP contribution is -1.92. The zero-order valence-corrected chi connectivity index (χ0v) is 11.7. The van der Waals surface area contributed by atoms with Crippen molar-refractivity contribution in [1.29, 1.82) is 0 Å². The van der Waals surface area contributed by atoms with Crippen LogP contribution >= 0.6 is 11.3 Å². The van der Waals surface area contributed by atoms with Crippen LogP contribution in [-0.2, 0) is 0 Å². The van der Waals surface area contributed by atoms with Crippen molar-refractivity contribution in [3.63, 3.8) is 0 Å². The van der Waals surface area contributed by atoms with Gasteiger partial charge in [-0.25, -0.2) is 0 Å². The summed E-state index contributed by atoms with van der Waals surface area (Å²) in [6.07, 6.45) is 0. The number of aromatic amines is 1. The number of thiazole rings is 1. The van der Waals surface area contributed by atoms with Crippen LogP contribution in [0.4, 0.5) is 0 Å². The largest absolute Gasteiger partial charge is 0.497 e. The van der Waals surface area contributed by atoms with E-state index < -0.39 is 0 Å². The fraction of sp³-hybridized carbons (Fsp3) is 0.0625. The summed E-state index contributed by atoms with van der Waals surface area (Å²) in [5.74, 6) is 0.799. The standard InChI is InChI=1S/C16H13NO2S/c1-19-13-9-7-11(8-10-13)14-15(20-16(18)17-14)12-5-3-2-4-6-12/h2-10H,1H3,(H,17,18). The van der Waals surface area contributed by atoms with E-state index in [1.165, 1.54) is 11.3 Å². The predicted octanol–water partition coefficient (Wildman–Crippen LogP) is 3.78. The number of hydrogen-bond acceptors (Lipinski definition) is 3. The van der Waals surface area contributed by atoms with Gasteiger partial charge >= 0.3 is 4.87 Å². The van der Waals surface area contributed by atoms with Gasteiger partial charge in [0.2, 0.25) is 0 Å². The van der Waals surface area contributed by atoms with Crippen molar-refractivity contribution < 1.29 is 4.74 Å². The highest BCUT2D eigenvalue weighted by Crippen LogP contribution is 2.33. The molecule has 1 aromatic heterocycles. The molecule has 2 aromatic carbocycles. The van der Waals surface area contributed by atoms with E-state index in [9.17, 15) is 4.79 Å². The monoisotopic (exact) mass is 283 g/mol. The van der Waals surface area contributed by atoms with Crippen LogP contribution < -0.4 is 9.61 Å². The fourth-order valence-corrected chi connectivity index (χ4v) is 2.95. The van der Waals surface area contributed by atoms with E-state index in [0.29, 0.717) is 0 Å². The van der Waals surface area contributed by atoms with Crippen molar-refractivity contribution in [3.05, 3.63) is 64.3 Å². The van der Waals surface area contributed by atoms with Gasteiger partial charge in [-0.2, -0.15) is 0 Å². The van der Waals surface area contributed by atoms with Gasteiger partial charge in [0, 0.05) is 0 Å². The lowest BCUT2D eigenvalue weighted by Gasteiger charge is -2.05. The van der Waals surface area contributed by atoms with Crippen LogP contribution in [0.2, 0.25) is 0 Å². The summed E-state index contributed by atoms with van der Waals surface area (Å²) in [7, 11) is 1.64. The molecular formula is C16H13NO2S. The van der Waals surface area contributed by atoms with Crippen molar-refractivity contribution in [2.24, 2.45) is 0 Å². The smallest absolute Gasteiger partial charge is 0.305 e. The van der Waals surface area contributed by atoms with E-state index in [0.717, 1.165) is 27.4 Å². The zero-order chi connectivity index (χ0) is 13.9. The number of rotatable bonds is 3. The Labute approximate surface area is 120 Å². The number of H-pyrrole nitrogens is 1. The van der Waals surface area contributed by atoms with E-state index in [-0.39, 0.29) is 4.87 Å². The van der Waals surface area contributed by atoms with E-state index >= 15 is 0 Å². The minimum absolute atomic E-state index is 0.0466. The molecular weight excluding hydrogens is 270 g/mol. The van der Waals surface area contributed by atoms with Crippen LogP contribution in [0.1, 0.15) is 0 Å². The maximum atomic E-state index is 11.7. The maximum Gasteiger partial charge on any atom is 0.305 e. The Balaban J connectivity index is 2.12. The lowest BCUT2D eigenvalue weighted by atomic mass is 10.1. The third kappa shape index (κ3) is 2.38. The van der Waals surface area contributed by atoms with Gasteiger partial charge in [-0.1, -0.05) is 41.7 Å². The van der Waals surface area contributed by atoms with Crippen LogP contribution in [0.15, 0.2) is 59.4 Å². The second-order valence-corrected chi connectivity index (χ2v) is 5.30. The predicted molar refractivity (Wildman–Crippen MR) is 82.4 cm³/mol.